The summed E-state index contributed by atoms with van der Waals surface area (Å²) < 4.78 is 18.9. The quantitative estimate of drug-likeness (QED) is 0.337. The van der Waals surface area contributed by atoms with Gasteiger partial charge in [0, 0.05) is 36.7 Å². The van der Waals surface area contributed by atoms with Crippen LogP contribution in [0.3, 0.4) is 0 Å². The van der Waals surface area contributed by atoms with Crippen molar-refractivity contribution in [2.24, 2.45) is 5.92 Å². The number of pyridine rings is 1. The Morgan fingerprint density at radius 1 is 1.14 bits per heavy atom. The maximum Gasteiger partial charge on any atom is 0.251 e. The molecule has 2 aromatic heterocycles. The molecule has 1 saturated carbocycles. The number of hydrogen-bond acceptors (Lipinski definition) is 4. The molecule has 0 bridgehead atoms. The highest BCUT2D eigenvalue weighted by Gasteiger charge is 2.29. The molecule has 1 amide bonds. The van der Waals surface area contributed by atoms with E-state index in [-0.39, 0.29) is 17.6 Å². The van der Waals surface area contributed by atoms with E-state index in [4.69, 9.17) is 9.72 Å². The van der Waals surface area contributed by atoms with Crippen LogP contribution in [0, 0.1) is 11.7 Å². The molecule has 35 heavy (non-hydrogen) atoms. The molecule has 1 atom stereocenters. The van der Waals surface area contributed by atoms with E-state index in [0.29, 0.717) is 30.6 Å². The van der Waals surface area contributed by atoms with Gasteiger partial charge in [0.15, 0.2) is 0 Å². The Morgan fingerprint density at radius 2 is 1.97 bits per heavy atom. The third-order valence-corrected chi connectivity index (χ3v) is 7.44. The first-order valence-corrected chi connectivity index (χ1v) is 12.3. The van der Waals surface area contributed by atoms with Gasteiger partial charge >= 0.3 is 0 Å². The van der Waals surface area contributed by atoms with Crippen LogP contribution in [0.2, 0.25) is 0 Å². The number of fused-ring (bicyclic) bond motifs is 2. The zero-order valence-corrected chi connectivity index (χ0v) is 20.2. The number of aromatic nitrogens is 3. The Bertz CT molecular complexity index is 1340. The fourth-order valence-electron chi connectivity index (χ4n) is 5.40. The summed E-state index contributed by atoms with van der Waals surface area (Å²) in [6.45, 7) is 3.19. The van der Waals surface area contributed by atoms with E-state index in [1.54, 1.807) is 19.2 Å². The van der Waals surface area contributed by atoms with Crippen molar-refractivity contribution in [3.8, 4) is 0 Å². The van der Waals surface area contributed by atoms with Crippen molar-refractivity contribution in [1.29, 1.82) is 0 Å². The van der Waals surface area contributed by atoms with Gasteiger partial charge in [-0.2, -0.15) is 0 Å². The molecule has 2 heterocycles. The maximum absolute atomic E-state index is 13.9. The van der Waals surface area contributed by atoms with E-state index in [1.807, 2.05) is 24.4 Å². The van der Waals surface area contributed by atoms with Crippen LogP contribution in [-0.2, 0) is 4.74 Å². The second kappa shape index (κ2) is 10.1. The summed E-state index contributed by atoms with van der Waals surface area (Å²) in [5.74, 6) is 1.86. The molecule has 6 nitrogen and oxygen atoms in total. The van der Waals surface area contributed by atoms with Gasteiger partial charge in [-0.05, 0) is 85.5 Å². The normalized spacial score (nSPS) is 19.2. The lowest BCUT2D eigenvalue weighted by Gasteiger charge is -2.32. The Balaban J connectivity index is 1.27. The molecule has 0 radical (unpaired) electrons. The fourth-order valence-corrected chi connectivity index (χ4v) is 5.40. The van der Waals surface area contributed by atoms with Crippen molar-refractivity contribution >= 4 is 27.8 Å². The van der Waals surface area contributed by atoms with Gasteiger partial charge in [0.1, 0.15) is 11.6 Å². The summed E-state index contributed by atoms with van der Waals surface area (Å²) in [6.07, 6.45) is 6.16. The van der Waals surface area contributed by atoms with Gasteiger partial charge < -0.3 is 15.0 Å². The minimum absolute atomic E-state index is 0.122. The Kier molecular flexibility index (Phi) is 6.77. The van der Waals surface area contributed by atoms with Crippen LogP contribution in [-0.4, -0.2) is 41.1 Å². The molecule has 1 aliphatic carbocycles. The number of hydrogen-bond donors (Lipinski definition) is 2. The van der Waals surface area contributed by atoms with Crippen LogP contribution in [0.4, 0.5) is 4.39 Å². The molecule has 1 fully saturated rings. The molecule has 7 heteroatoms. The highest BCUT2D eigenvalue weighted by Crippen LogP contribution is 2.43. The molecule has 0 spiro atoms. The number of rotatable bonds is 7. The van der Waals surface area contributed by atoms with E-state index < -0.39 is 0 Å². The predicted octanol–water partition coefficient (Wildman–Crippen LogP) is 5.70. The van der Waals surface area contributed by atoms with Crippen molar-refractivity contribution in [2.45, 2.75) is 44.4 Å². The molecule has 182 valence electrons. The summed E-state index contributed by atoms with van der Waals surface area (Å²) >= 11 is 0. The molecular formula is C28H31FN4O2. The lowest BCUT2D eigenvalue weighted by molar-refractivity contribution is 0.0937. The number of ether oxygens (including phenoxy) is 1. The lowest BCUT2D eigenvalue weighted by atomic mass is 9.73. The van der Waals surface area contributed by atoms with Crippen molar-refractivity contribution in [3.63, 3.8) is 0 Å². The standard InChI is InChI=1S/C28H31FN4O2/c1-17(27-32-25-9-7-20(15-26(25)33-27)28(34)31-13-14-35-2)18-3-5-19(6-4-18)22-11-12-30-24-10-8-21(29)16-23(22)24/h7-12,15-19H,3-6,13-14H2,1-2H3,(H,31,34)(H,32,33)/t17?,18-,19-. The maximum atomic E-state index is 13.9. The molecule has 2 N–H and O–H groups in total. The Morgan fingerprint density at radius 3 is 2.77 bits per heavy atom. The zero-order valence-electron chi connectivity index (χ0n) is 20.2. The first-order valence-electron chi connectivity index (χ1n) is 12.3. The Labute approximate surface area is 204 Å². The smallest absolute Gasteiger partial charge is 0.251 e. The summed E-state index contributed by atoms with van der Waals surface area (Å²) in [6, 6.07) is 12.5. The van der Waals surface area contributed by atoms with Gasteiger partial charge in [-0.3, -0.25) is 9.78 Å². The predicted molar refractivity (Wildman–Crippen MR) is 135 cm³/mol. The van der Waals surface area contributed by atoms with E-state index in [0.717, 1.165) is 53.4 Å². The number of halogens is 1. The van der Waals surface area contributed by atoms with Crippen LogP contribution >= 0.6 is 0 Å². The Hall–Kier alpha value is -3.32. The van der Waals surface area contributed by atoms with Crippen LogP contribution in [0.1, 0.15) is 66.2 Å². The van der Waals surface area contributed by atoms with Crippen molar-refractivity contribution < 1.29 is 13.9 Å². The number of carbonyl (C=O) groups is 1. The average Bonchev–Trinajstić information content (AvgIpc) is 3.31. The number of benzene rings is 2. The van der Waals surface area contributed by atoms with Crippen LogP contribution in [0.5, 0.6) is 0 Å². The number of nitrogens with one attached hydrogen (secondary N) is 2. The second-order valence-corrected chi connectivity index (χ2v) is 9.56. The summed E-state index contributed by atoms with van der Waals surface area (Å²) in [5, 5.41) is 3.78. The number of amides is 1. The van der Waals surface area contributed by atoms with Gasteiger partial charge in [-0.25, -0.2) is 9.37 Å². The van der Waals surface area contributed by atoms with E-state index in [2.05, 4.69) is 28.3 Å². The van der Waals surface area contributed by atoms with Crippen LogP contribution < -0.4 is 5.32 Å². The van der Waals surface area contributed by atoms with E-state index >= 15 is 0 Å². The largest absolute Gasteiger partial charge is 0.383 e. The number of methoxy groups -OCH3 is 1. The monoisotopic (exact) mass is 474 g/mol. The van der Waals surface area contributed by atoms with Gasteiger partial charge in [-0.1, -0.05) is 6.92 Å². The third kappa shape index (κ3) is 4.91. The third-order valence-electron chi connectivity index (χ3n) is 7.44. The van der Waals surface area contributed by atoms with E-state index in [9.17, 15) is 9.18 Å². The molecule has 1 aliphatic rings. The second-order valence-electron chi connectivity index (χ2n) is 9.56. The van der Waals surface area contributed by atoms with Crippen LogP contribution in [0.25, 0.3) is 21.9 Å². The van der Waals surface area contributed by atoms with Crippen molar-refractivity contribution in [1.82, 2.24) is 20.3 Å². The molecule has 5 rings (SSSR count). The average molecular weight is 475 g/mol. The summed E-state index contributed by atoms with van der Waals surface area (Å²) in [7, 11) is 1.61. The molecule has 1 unspecified atom stereocenters. The molecule has 0 aliphatic heterocycles. The summed E-state index contributed by atoms with van der Waals surface area (Å²) in [4.78, 5) is 25.1. The highest BCUT2D eigenvalue weighted by atomic mass is 19.1. The van der Waals surface area contributed by atoms with Crippen LogP contribution in [0.15, 0.2) is 48.7 Å². The first-order chi connectivity index (χ1) is 17.0. The zero-order chi connectivity index (χ0) is 24.4. The highest BCUT2D eigenvalue weighted by molar-refractivity contribution is 5.97. The molecule has 4 aromatic rings. The van der Waals surface area contributed by atoms with Crippen molar-refractivity contribution in [2.75, 3.05) is 20.3 Å². The minimum atomic E-state index is -0.213. The number of aromatic amines is 1. The number of imidazole rings is 1. The molecular weight excluding hydrogens is 443 g/mol. The number of carbonyl (C=O) groups excluding carboxylic acids is 1. The molecule has 0 saturated heterocycles. The molecule has 2 aromatic carbocycles. The topological polar surface area (TPSA) is 79.9 Å². The van der Waals surface area contributed by atoms with Crippen molar-refractivity contribution in [3.05, 3.63) is 71.4 Å². The van der Waals surface area contributed by atoms with Gasteiger partial charge in [0.2, 0.25) is 0 Å². The lowest BCUT2D eigenvalue weighted by Crippen LogP contribution is -2.26. The number of H-pyrrole nitrogens is 1. The SMILES string of the molecule is COCCNC(=O)c1ccc2[nH]c(C(C)[C@H]3CC[C@H](c4ccnc5ccc(F)cc54)CC3)nc2c1. The van der Waals surface area contributed by atoms with Gasteiger partial charge in [0.25, 0.3) is 5.91 Å². The van der Waals surface area contributed by atoms with Gasteiger partial charge in [-0.15, -0.1) is 0 Å². The van der Waals surface area contributed by atoms with Gasteiger partial charge in [0.05, 0.1) is 23.2 Å². The number of nitrogens with zero attached hydrogens (tertiary/aromatic N) is 2. The fraction of sp³-hybridized carbons (Fsp3) is 0.393. The summed E-state index contributed by atoms with van der Waals surface area (Å²) in [5.41, 5.74) is 4.42. The van der Waals surface area contributed by atoms with E-state index in [1.165, 1.54) is 11.6 Å². The minimum Gasteiger partial charge on any atom is -0.383 e. The first kappa shape index (κ1) is 23.4.